The lowest BCUT2D eigenvalue weighted by atomic mass is 9.89. The van der Waals surface area contributed by atoms with Crippen molar-refractivity contribution in [1.29, 1.82) is 0 Å². The molecule has 1 aliphatic carbocycles. The summed E-state index contributed by atoms with van der Waals surface area (Å²) in [6.07, 6.45) is -0.00546. The Hall–Kier alpha value is -2.13. The number of amides is 4. The number of aliphatic hydroxyl groups is 2. The van der Waals surface area contributed by atoms with Gasteiger partial charge in [0.1, 0.15) is 12.1 Å². The normalized spacial score (nSPS) is 23.8. The van der Waals surface area contributed by atoms with E-state index in [1.54, 1.807) is 0 Å². The van der Waals surface area contributed by atoms with Gasteiger partial charge >= 0.3 is 6.03 Å². The molecule has 1 rings (SSSR count). The summed E-state index contributed by atoms with van der Waals surface area (Å²) >= 11 is 0. The zero-order valence-electron chi connectivity index (χ0n) is 15.5. The standard InChI is InChI=1S/C17H30N4O5/c1-4-5-19-17(26)21-11-7-10(8-13(22)14(11)23)16(25)20-12(15(18)24)6-9(2)3/h7,9,11-14,22-23H,4-6,8H2,1-3H3,(H2,18,24)(H,20,25)(H2,19,21,26). The van der Waals surface area contributed by atoms with E-state index in [0.717, 1.165) is 6.42 Å². The van der Waals surface area contributed by atoms with Gasteiger partial charge in [-0.25, -0.2) is 4.79 Å². The van der Waals surface area contributed by atoms with Crippen LogP contribution in [0.2, 0.25) is 0 Å². The molecule has 4 unspecified atom stereocenters. The highest BCUT2D eigenvalue weighted by atomic mass is 16.3. The van der Waals surface area contributed by atoms with Crippen molar-refractivity contribution >= 4 is 17.8 Å². The minimum atomic E-state index is -1.23. The second-order valence-corrected chi connectivity index (χ2v) is 6.94. The fourth-order valence-corrected chi connectivity index (χ4v) is 2.67. The highest BCUT2D eigenvalue weighted by Crippen LogP contribution is 2.20. The molecular weight excluding hydrogens is 340 g/mol. The number of primary amides is 1. The summed E-state index contributed by atoms with van der Waals surface area (Å²) in [6, 6.07) is -2.25. The molecule has 0 aromatic rings. The summed E-state index contributed by atoms with van der Waals surface area (Å²) in [5, 5.41) is 27.7. The Labute approximate surface area is 153 Å². The van der Waals surface area contributed by atoms with Crippen molar-refractivity contribution in [2.24, 2.45) is 11.7 Å². The monoisotopic (exact) mass is 370 g/mol. The SMILES string of the molecule is CCCNC(=O)NC1C=C(C(=O)NC(CC(C)C)C(N)=O)CC(O)C1O. The number of aliphatic hydroxyl groups excluding tert-OH is 2. The highest BCUT2D eigenvalue weighted by Gasteiger charge is 2.34. The first-order chi connectivity index (χ1) is 12.1. The molecule has 0 aliphatic heterocycles. The summed E-state index contributed by atoms with van der Waals surface area (Å²) in [5.41, 5.74) is 5.50. The fraction of sp³-hybridized carbons (Fsp3) is 0.706. The van der Waals surface area contributed by atoms with Crippen LogP contribution in [0.1, 0.15) is 40.0 Å². The van der Waals surface area contributed by atoms with Gasteiger partial charge in [-0.1, -0.05) is 26.8 Å². The summed E-state index contributed by atoms with van der Waals surface area (Å²) in [4.78, 5) is 35.7. The maximum Gasteiger partial charge on any atom is 0.315 e. The molecule has 0 radical (unpaired) electrons. The Morgan fingerprint density at radius 2 is 1.96 bits per heavy atom. The van der Waals surface area contributed by atoms with Crippen molar-refractivity contribution in [1.82, 2.24) is 16.0 Å². The minimum absolute atomic E-state index is 0.0884. The molecule has 0 saturated heterocycles. The number of urea groups is 1. The summed E-state index contributed by atoms with van der Waals surface area (Å²) < 4.78 is 0. The van der Waals surface area contributed by atoms with Gasteiger partial charge in [0.25, 0.3) is 0 Å². The molecule has 9 nitrogen and oxygen atoms in total. The fourth-order valence-electron chi connectivity index (χ4n) is 2.67. The van der Waals surface area contributed by atoms with Gasteiger partial charge in [-0.2, -0.15) is 0 Å². The van der Waals surface area contributed by atoms with E-state index in [1.807, 2.05) is 20.8 Å². The van der Waals surface area contributed by atoms with E-state index in [2.05, 4.69) is 16.0 Å². The molecule has 0 aromatic carbocycles. The zero-order valence-corrected chi connectivity index (χ0v) is 15.5. The van der Waals surface area contributed by atoms with Crippen LogP contribution in [-0.4, -0.2) is 58.9 Å². The Morgan fingerprint density at radius 3 is 2.50 bits per heavy atom. The third kappa shape index (κ3) is 6.64. The lowest BCUT2D eigenvalue weighted by molar-refractivity contribution is -0.126. The van der Waals surface area contributed by atoms with E-state index < -0.39 is 42.1 Å². The Balaban J connectivity index is 2.84. The zero-order chi connectivity index (χ0) is 19.9. The number of hydrogen-bond acceptors (Lipinski definition) is 5. The van der Waals surface area contributed by atoms with Crippen LogP contribution in [0.15, 0.2) is 11.6 Å². The van der Waals surface area contributed by atoms with Gasteiger partial charge in [0.05, 0.1) is 12.1 Å². The maximum atomic E-state index is 12.4. The van der Waals surface area contributed by atoms with Crippen LogP contribution in [-0.2, 0) is 9.59 Å². The molecular formula is C17H30N4O5. The van der Waals surface area contributed by atoms with Crippen LogP contribution in [0.25, 0.3) is 0 Å². The lowest BCUT2D eigenvalue weighted by Gasteiger charge is -2.31. The predicted molar refractivity (Wildman–Crippen MR) is 95.9 cm³/mol. The number of carbonyl (C=O) groups is 3. The quantitative estimate of drug-likeness (QED) is 0.328. The molecule has 1 aliphatic rings. The van der Waals surface area contributed by atoms with Gasteiger partial charge in [0.2, 0.25) is 11.8 Å². The van der Waals surface area contributed by atoms with Crippen molar-refractivity contribution in [2.45, 2.75) is 64.3 Å². The molecule has 0 bridgehead atoms. The first-order valence-electron chi connectivity index (χ1n) is 8.87. The van der Waals surface area contributed by atoms with Crippen LogP contribution < -0.4 is 21.7 Å². The molecule has 9 heteroatoms. The van der Waals surface area contributed by atoms with Crippen molar-refractivity contribution in [2.75, 3.05) is 6.54 Å². The van der Waals surface area contributed by atoms with E-state index in [9.17, 15) is 24.6 Å². The van der Waals surface area contributed by atoms with E-state index in [4.69, 9.17) is 5.73 Å². The summed E-state index contributed by atoms with van der Waals surface area (Å²) in [5.74, 6) is -1.05. The van der Waals surface area contributed by atoms with Crippen LogP contribution in [0.5, 0.6) is 0 Å². The molecule has 148 valence electrons. The average Bonchev–Trinajstić information content (AvgIpc) is 2.55. The van der Waals surface area contributed by atoms with Crippen LogP contribution in [0.4, 0.5) is 4.79 Å². The topological polar surface area (TPSA) is 154 Å². The molecule has 0 spiro atoms. The van der Waals surface area contributed by atoms with Gasteiger partial charge in [-0.3, -0.25) is 9.59 Å². The Bertz CT molecular complexity index is 549. The number of carbonyl (C=O) groups excluding carboxylic acids is 3. The van der Waals surface area contributed by atoms with E-state index in [-0.39, 0.29) is 17.9 Å². The first-order valence-corrected chi connectivity index (χ1v) is 8.87. The molecule has 0 fully saturated rings. The van der Waals surface area contributed by atoms with Gasteiger partial charge in [-0.05, 0) is 18.8 Å². The molecule has 0 heterocycles. The largest absolute Gasteiger partial charge is 0.390 e. The minimum Gasteiger partial charge on any atom is -0.390 e. The van der Waals surface area contributed by atoms with Crippen LogP contribution >= 0.6 is 0 Å². The van der Waals surface area contributed by atoms with Gasteiger partial charge < -0.3 is 31.9 Å². The van der Waals surface area contributed by atoms with Crippen LogP contribution in [0, 0.1) is 5.92 Å². The van der Waals surface area contributed by atoms with Crippen molar-refractivity contribution in [3.63, 3.8) is 0 Å². The first kappa shape index (κ1) is 21.9. The lowest BCUT2D eigenvalue weighted by Crippen LogP contribution is -2.54. The molecule has 4 atom stereocenters. The summed E-state index contributed by atoms with van der Waals surface area (Å²) in [6.45, 7) is 6.16. The van der Waals surface area contributed by atoms with Gasteiger partial charge in [0.15, 0.2) is 0 Å². The predicted octanol–water partition coefficient (Wildman–Crippen LogP) is -0.868. The summed E-state index contributed by atoms with van der Waals surface area (Å²) in [7, 11) is 0. The smallest absolute Gasteiger partial charge is 0.315 e. The molecule has 26 heavy (non-hydrogen) atoms. The third-order valence-corrected chi connectivity index (χ3v) is 4.05. The number of hydrogen-bond donors (Lipinski definition) is 6. The number of nitrogens with one attached hydrogen (secondary N) is 3. The Morgan fingerprint density at radius 1 is 1.31 bits per heavy atom. The average molecular weight is 370 g/mol. The number of rotatable bonds is 8. The Kier molecular flexibility index (Phi) is 8.53. The highest BCUT2D eigenvalue weighted by molar-refractivity contribution is 5.97. The maximum absolute atomic E-state index is 12.4. The molecule has 4 amide bonds. The molecule has 0 saturated carbocycles. The molecule has 0 aromatic heterocycles. The van der Waals surface area contributed by atoms with Gasteiger partial charge in [-0.15, -0.1) is 0 Å². The second kappa shape index (κ2) is 10.1. The molecule has 7 N–H and O–H groups in total. The van der Waals surface area contributed by atoms with E-state index in [1.165, 1.54) is 6.08 Å². The van der Waals surface area contributed by atoms with Crippen molar-refractivity contribution in [3.8, 4) is 0 Å². The third-order valence-electron chi connectivity index (χ3n) is 4.05. The van der Waals surface area contributed by atoms with Crippen molar-refractivity contribution in [3.05, 3.63) is 11.6 Å². The second-order valence-electron chi connectivity index (χ2n) is 6.94. The van der Waals surface area contributed by atoms with E-state index >= 15 is 0 Å². The van der Waals surface area contributed by atoms with E-state index in [0.29, 0.717) is 13.0 Å². The van der Waals surface area contributed by atoms with Crippen molar-refractivity contribution < 1.29 is 24.6 Å². The van der Waals surface area contributed by atoms with Crippen LogP contribution in [0.3, 0.4) is 0 Å². The number of nitrogens with two attached hydrogens (primary N) is 1. The van der Waals surface area contributed by atoms with Gasteiger partial charge in [0, 0.05) is 18.5 Å².